The van der Waals surface area contributed by atoms with Crippen LogP contribution in [0.2, 0.25) is 0 Å². The molecule has 0 spiro atoms. The van der Waals surface area contributed by atoms with Crippen LogP contribution < -0.4 is 0 Å². The second-order valence-corrected chi connectivity index (χ2v) is 4.46. The standard InChI is InChI=1S/C14H16N2O3/c1-4-10(14(17)18)13-15-8(2)7-11(16-13)12-6-5-9(3)19-12/h5-7,10H,4H2,1-3H3,(H,17,18). The summed E-state index contributed by atoms with van der Waals surface area (Å²) >= 11 is 0. The normalized spacial score (nSPS) is 12.4. The molecule has 1 atom stereocenters. The van der Waals surface area contributed by atoms with Crippen LogP contribution in [0.5, 0.6) is 0 Å². The second kappa shape index (κ2) is 5.22. The molecule has 2 aromatic rings. The molecule has 1 N–H and O–H groups in total. The van der Waals surface area contributed by atoms with Gasteiger partial charge in [0, 0.05) is 5.69 Å². The fourth-order valence-corrected chi connectivity index (χ4v) is 1.91. The molecule has 1 unspecified atom stereocenters. The van der Waals surface area contributed by atoms with Crippen LogP contribution in [-0.2, 0) is 4.79 Å². The van der Waals surface area contributed by atoms with E-state index in [-0.39, 0.29) is 0 Å². The fourth-order valence-electron chi connectivity index (χ4n) is 1.91. The summed E-state index contributed by atoms with van der Waals surface area (Å²) in [6.07, 6.45) is 0.454. The summed E-state index contributed by atoms with van der Waals surface area (Å²) in [5.41, 5.74) is 1.35. The zero-order valence-electron chi connectivity index (χ0n) is 11.2. The topological polar surface area (TPSA) is 76.2 Å². The van der Waals surface area contributed by atoms with Crippen LogP contribution in [-0.4, -0.2) is 21.0 Å². The Kier molecular flexibility index (Phi) is 3.64. The van der Waals surface area contributed by atoms with Gasteiger partial charge in [0.25, 0.3) is 0 Å². The molecule has 100 valence electrons. The molecule has 0 radical (unpaired) electrons. The van der Waals surface area contributed by atoms with E-state index in [1.54, 1.807) is 13.0 Å². The van der Waals surface area contributed by atoms with Crippen molar-refractivity contribution in [2.75, 3.05) is 0 Å². The zero-order valence-corrected chi connectivity index (χ0v) is 11.2. The molecular weight excluding hydrogens is 244 g/mol. The highest BCUT2D eigenvalue weighted by molar-refractivity contribution is 5.75. The Labute approximate surface area is 111 Å². The third-order valence-electron chi connectivity index (χ3n) is 2.88. The number of aryl methyl sites for hydroxylation is 2. The first-order chi connectivity index (χ1) is 9.01. The number of carboxylic acids is 1. The molecule has 0 saturated heterocycles. The molecule has 0 aliphatic heterocycles. The van der Waals surface area contributed by atoms with Crippen molar-refractivity contribution in [2.24, 2.45) is 0 Å². The zero-order chi connectivity index (χ0) is 14.0. The highest BCUT2D eigenvalue weighted by Crippen LogP contribution is 2.23. The van der Waals surface area contributed by atoms with Gasteiger partial charge < -0.3 is 9.52 Å². The predicted molar refractivity (Wildman–Crippen MR) is 69.9 cm³/mol. The maximum absolute atomic E-state index is 11.2. The molecule has 2 heterocycles. The lowest BCUT2D eigenvalue weighted by atomic mass is 10.1. The van der Waals surface area contributed by atoms with Gasteiger partial charge in [-0.15, -0.1) is 0 Å². The van der Waals surface area contributed by atoms with E-state index in [2.05, 4.69) is 9.97 Å². The lowest BCUT2D eigenvalue weighted by Crippen LogP contribution is -2.14. The second-order valence-electron chi connectivity index (χ2n) is 4.46. The monoisotopic (exact) mass is 260 g/mol. The van der Waals surface area contributed by atoms with Crippen molar-refractivity contribution in [3.8, 4) is 11.5 Å². The molecule has 19 heavy (non-hydrogen) atoms. The van der Waals surface area contributed by atoms with E-state index in [1.165, 1.54) is 0 Å². The average molecular weight is 260 g/mol. The number of hydrogen-bond donors (Lipinski definition) is 1. The largest absolute Gasteiger partial charge is 0.481 e. The maximum atomic E-state index is 11.2. The Morgan fingerprint density at radius 3 is 2.63 bits per heavy atom. The lowest BCUT2D eigenvalue weighted by Gasteiger charge is -2.10. The number of aromatic nitrogens is 2. The van der Waals surface area contributed by atoms with Gasteiger partial charge in [-0.1, -0.05) is 6.92 Å². The van der Waals surface area contributed by atoms with E-state index in [4.69, 9.17) is 4.42 Å². The summed E-state index contributed by atoms with van der Waals surface area (Å²) in [7, 11) is 0. The smallest absolute Gasteiger partial charge is 0.314 e. The van der Waals surface area contributed by atoms with Crippen LogP contribution in [0, 0.1) is 13.8 Å². The molecular formula is C14H16N2O3. The van der Waals surface area contributed by atoms with Crippen LogP contribution in [0.3, 0.4) is 0 Å². The van der Waals surface area contributed by atoms with Gasteiger partial charge in [-0.25, -0.2) is 9.97 Å². The Morgan fingerprint density at radius 1 is 1.37 bits per heavy atom. The number of nitrogens with zero attached hydrogens (tertiary/aromatic N) is 2. The quantitative estimate of drug-likeness (QED) is 0.914. The molecule has 0 aliphatic carbocycles. The van der Waals surface area contributed by atoms with Gasteiger partial charge in [0.15, 0.2) is 5.76 Å². The van der Waals surface area contributed by atoms with Crippen LogP contribution in [0.1, 0.15) is 36.5 Å². The van der Waals surface area contributed by atoms with Gasteiger partial charge >= 0.3 is 5.97 Å². The molecule has 0 aliphatic rings. The van der Waals surface area contributed by atoms with Gasteiger partial charge in [0.05, 0.1) is 0 Å². The summed E-state index contributed by atoms with van der Waals surface area (Å²) < 4.78 is 5.52. The number of rotatable bonds is 4. The molecule has 0 amide bonds. The Hall–Kier alpha value is -2.17. The van der Waals surface area contributed by atoms with Gasteiger partial charge in [-0.05, 0) is 38.5 Å². The first kappa shape index (κ1) is 13.3. The van der Waals surface area contributed by atoms with Crippen LogP contribution >= 0.6 is 0 Å². The third kappa shape index (κ3) is 2.81. The maximum Gasteiger partial charge on any atom is 0.314 e. The summed E-state index contributed by atoms with van der Waals surface area (Å²) in [5, 5.41) is 9.18. The van der Waals surface area contributed by atoms with Crippen molar-refractivity contribution in [2.45, 2.75) is 33.1 Å². The van der Waals surface area contributed by atoms with Crippen molar-refractivity contribution in [3.63, 3.8) is 0 Å². The van der Waals surface area contributed by atoms with Gasteiger partial charge in [-0.3, -0.25) is 4.79 Å². The van der Waals surface area contributed by atoms with Gasteiger partial charge in [-0.2, -0.15) is 0 Å². The van der Waals surface area contributed by atoms with E-state index in [9.17, 15) is 9.90 Å². The van der Waals surface area contributed by atoms with E-state index >= 15 is 0 Å². The number of carboxylic acid groups (broad SMARTS) is 1. The van der Waals surface area contributed by atoms with Crippen molar-refractivity contribution in [1.29, 1.82) is 0 Å². The third-order valence-corrected chi connectivity index (χ3v) is 2.88. The van der Waals surface area contributed by atoms with E-state index in [1.807, 2.05) is 26.0 Å². The summed E-state index contributed by atoms with van der Waals surface area (Å²) in [4.78, 5) is 19.7. The number of hydrogen-bond acceptors (Lipinski definition) is 4. The number of aliphatic carboxylic acids is 1. The Bertz CT molecular complexity index is 604. The highest BCUT2D eigenvalue weighted by atomic mass is 16.4. The van der Waals surface area contributed by atoms with Crippen molar-refractivity contribution in [3.05, 3.63) is 35.5 Å². The molecule has 0 bridgehead atoms. The van der Waals surface area contributed by atoms with Crippen molar-refractivity contribution in [1.82, 2.24) is 9.97 Å². The Morgan fingerprint density at radius 2 is 2.11 bits per heavy atom. The van der Waals surface area contributed by atoms with Gasteiger partial charge in [0.1, 0.15) is 23.2 Å². The molecule has 0 saturated carbocycles. The molecule has 5 heteroatoms. The molecule has 0 fully saturated rings. The predicted octanol–water partition coefficient (Wildman–Crippen LogP) is 2.93. The first-order valence-corrected chi connectivity index (χ1v) is 6.16. The minimum absolute atomic E-state index is 0.332. The molecule has 2 aromatic heterocycles. The summed E-state index contributed by atoms with van der Waals surface area (Å²) in [5.74, 6) is 0.158. The number of carbonyl (C=O) groups is 1. The lowest BCUT2D eigenvalue weighted by molar-refractivity contribution is -0.139. The van der Waals surface area contributed by atoms with Gasteiger partial charge in [0.2, 0.25) is 0 Å². The first-order valence-electron chi connectivity index (χ1n) is 6.16. The molecule has 0 aromatic carbocycles. The molecule has 2 rings (SSSR count). The van der Waals surface area contributed by atoms with Crippen LogP contribution in [0.25, 0.3) is 11.5 Å². The van der Waals surface area contributed by atoms with E-state index in [0.29, 0.717) is 23.7 Å². The SMILES string of the molecule is CCC(C(=O)O)c1nc(C)cc(-c2ccc(C)o2)n1. The fraction of sp³-hybridized carbons (Fsp3) is 0.357. The van der Waals surface area contributed by atoms with Crippen LogP contribution in [0.4, 0.5) is 0 Å². The highest BCUT2D eigenvalue weighted by Gasteiger charge is 2.22. The van der Waals surface area contributed by atoms with Crippen LogP contribution in [0.15, 0.2) is 22.6 Å². The minimum atomic E-state index is -0.908. The Balaban J connectivity index is 2.48. The number of furan rings is 1. The van der Waals surface area contributed by atoms with Crippen molar-refractivity contribution < 1.29 is 14.3 Å². The van der Waals surface area contributed by atoms with E-state index < -0.39 is 11.9 Å². The summed E-state index contributed by atoms with van der Waals surface area (Å²) in [6.45, 7) is 5.48. The minimum Gasteiger partial charge on any atom is -0.481 e. The van der Waals surface area contributed by atoms with E-state index in [0.717, 1.165) is 11.5 Å². The molecule has 5 nitrogen and oxygen atoms in total. The van der Waals surface area contributed by atoms with Crippen molar-refractivity contribution >= 4 is 5.97 Å². The summed E-state index contributed by atoms with van der Waals surface area (Å²) in [6, 6.07) is 5.46. The average Bonchev–Trinajstić information content (AvgIpc) is 2.75.